The van der Waals surface area contributed by atoms with E-state index in [9.17, 15) is 0 Å². The van der Waals surface area contributed by atoms with Crippen LogP contribution in [0.15, 0.2) is 18.2 Å². The van der Waals surface area contributed by atoms with Crippen molar-refractivity contribution in [2.75, 3.05) is 52.3 Å². The first-order valence-electron chi connectivity index (χ1n) is 7.52. The normalized spacial score (nSPS) is 18.7. The highest BCUT2D eigenvalue weighted by Crippen LogP contribution is 2.33. The van der Waals surface area contributed by atoms with Crippen LogP contribution in [0.1, 0.15) is 12.0 Å². The quantitative estimate of drug-likeness (QED) is 0.782. The maximum absolute atomic E-state index is 6.47. The highest BCUT2D eigenvalue weighted by molar-refractivity contribution is 6.33. The third-order valence-corrected chi connectivity index (χ3v) is 4.38. The first-order chi connectivity index (χ1) is 10.1. The summed E-state index contributed by atoms with van der Waals surface area (Å²) in [5.41, 5.74) is 2.45. The summed E-state index contributed by atoms with van der Waals surface area (Å²) in [5, 5.41) is 4.25. The van der Waals surface area contributed by atoms with E-state index in [4.69, 9.17) is 16.3 Å². The number of likely N-dealkylation sites (N-methyl/N-ethyl adjacent to an activating group) is 1. The van der Waals surface area contributed by atoms with Gasteiger partial charge in [0.2, 0.25) is 0 Å². The summed E-state index contributed by atoms with van der Waals surface area (Å²) in [5.74, 6) is 0. The van der Waals surface area contributed by atoms with Gasteiger partial charge in [0, 0.05) is 39.3 Å². The Kier molecular flexibility index (Phi) is 6.30. The lowest BCUT2D eigenvalue weighted by Gasteiger charge is -2.25. The molecule has 1 aliphatic heterocycles. The number of ether oxygens (including phenoxy) is 1. The fraction of sp³-hybridized carbons (Fsp3) is 0.625. The summed E-state index contributed by atoms with van der Waals surface area (Å²) in [4.78, 5) is 4.72. The van der Waals surface area contributed by atoms with Crippen molar-refractivity contribution in [3.8, 4) is 0 Å². The molecule has 0 aliphatic carbocycles. The molecule has 5 heteroatoms. The molecule has 0 amide bonds. The molecule has 0 radical (unpaired) electrons. The van der Waals surface area contributed by atoms with E-state index in [1.165, 1.54) is 17.7 Å². The summed E-state index contributed by atoms with van der Waals surface area (Å²) in [6, 6.07) is 6.77. The SMILES string of the molecule is COCCNCc1cccc(Cl)c1N1CCC(N(C)C)C1. The molecule has 1 aliphatic rings. The van der Waals surface area contributed by atoms with E-state index in [0.29, 0.717) is 6.04 Å². The van der Waals surface area contributed by atoms with Gasteiger partial charge in [0.1, 0.15) is 0 Å². The number of benzene rings is 1. The molecule has 0 bridgehead atoms. The fourth-order valence-corrected chi connectivity index (χ4v) is 3.13. The number of halogens is 1. The van der Waals surface area contributed by atoms with Gasteiger partial charge >= 0.3 is 0 Å². The Morgan fingerprint density at radius 2 is 2.24 bits per heavy atom. The van der Waals surface area contributed by atoms with E-state index < -0.39 is 0 Å². The number of nitrogens with zero attached hydrogens (tertiary/aromatic N) is 2. The highest BCUT2D eigenvalue weighted by Gasteiger charge is 2.26. The number of hydrogen-bond acceptors (Lipinski definition) is 4. The predicted octanol–water partition coefficient (Wildman–Crippen LogP) is 2.22. The number of anilines is 1. The number of hydrogen-bond donors (Lipinski definition) is 1. The van der Waals surface area contributed by atoms with Crippen molar-refractivity contribution in [1.82, 2.24) is 10.2 Å². The van der Waals surface area contributed by atoms with Crippen molar-refractivity contribution < 1.29 is 4.74 Å². The molecule has 0 aromatic heterocycles. The van der Waals surface area contributed by atoms with Crippen LogP contribution in [0.5, 0.6) is 0 Å². The monoisotopic (exact) mass is 311 g/mol. The topological polar surface area (TPSA) is 27.7 Å². The van der Waals surface area contributed by atoms with Crippen LogP contribution < -0.4 is 10.2 Å². The van der Waals surface area contributed by atoms with Crippen LogP contribution in [0.4, 0.5) is 5.69 Å². The van der Waals surface area contributed by atoms with Crippen LogP contribution in [0, 0.1) is 0 Å². The summed E-state index contributed by atoms with van der Waals surface area (Å²) in [6.07, 6.45) is 1.19. The second kappa shape index (κ2) is 7.99. The predicted molar refractivity (Wildman–Crippen MR) is 89.3 cm³/mol. The minimum absolute atomic E-state index is 0.607. The van der Waals surface area contributed by atoms with E-state index in [1.54, 1.807) is 7.11 Å². The zero-order chi connectivity index (χ0) is 15.2. The zero-order valence-electron chi connectivity index (χ0n) is 13.2. The van der Waals surface area contributed by atoms with Crippen LogP contribution in [-0.2, 0) is 11.3 Å². The third-order valence-electron chi connectivity index (χ3n) is 4.08. The average Bonchev–Trinajstić information content (AvgIpc) is 2.93. The molecule has 0 saturated carbocycles. The van der Waals surface area contributed by atoms with Gasteiger partial charge < -0.3 is 19.9 Å². The largest absolute Gasteiger partial charge is 0.383 e. The molecule has 1 N–H and O–H groups in total. The smallest absolute Gasteiger partial charge is 0.0642 e. The highest BCUT2D eigenvalue weighted by atomic mass is 35.5. The van der Waals surface area contributed by atoms with Crippen LogP contribution in [0.2, 0.25) is 5.02 Å². The molecule has 0 spiro atoms. The summed E-state index contributed by atoms with van der Waals surface area (Å²) in [7, 11) is 6.01. The first kappa shape index (κ1) is 16.6. The second-order valence-electron chi connectivity index (χ2n) is 5.77. The molecule has 118 valence electrons. The van der Waals surface area contributed by atoms with E-state index in [2.05, 4.69) is 35.3 Å². The average molecular weight is 312 g/mol. The van der Waals surface area contributed by atoms with Crippen molar-refractivity contribution in [2.45, 2.75) is 19.0 Å². The molecule has 2 rings (SSSR count). The molecular formula is C16H26ClN3O. The lowest BCUT2D eigenvalue weighted by atomic mass is 10.1. The standard InChI is InChI=1S/C16H26ClN3O/c1-19(2)14-7-9-20(12-14)16-13(5-4-6-15(16)17)11-18-8-10-21-3/h4-6,14,18H,7-12H2,1-3H3. The van der Waals surface area contributed by atoms with Gasteiger partial charge in [-0.15, -0.1) is 0 Å². The van der Waals surface area contributed by atoms with E-state index >= 15 is 0 Å². The van der Waals surface area contributed by atoms with Gasteiger partial charge in [0.25, 0.3) is 0 Å². The molecule has 1 fully saturated rings. The molecule has 1 atom stereocenters. The Balaban J connectivity index is 2.07. The lowest BCUT2D eigenvalue weighted by molar-refractivity contribution is 0.199. The third kappa shape index (κ3) is 4.33. The molecular weight excluding hydrogens is 286 g/mol. The summed E-state index contributed by atoms with van der Waals surface area (Å²) >= 11 is 6.47. The van der Waals surface area contributed by atoms with E-state index in [-0.39, 0.29) is 0 Å². The Morgan fingerprint density at radius 1 is 1.43 bits per heavy atom. The summed E-state index contributed by atoms with van der Waals surface area (Å²) in [6.45, 7) is 4.51. The van der Waals surface area contributed by atoms with Crippen LogP contribution >= 0.6 is 11.6 Å². The molecule has 1 aromatic carbocycles. The number of para-hydroxylation sites is 1. The lowest BCUT2D eigenvalue weighted by Crippen LogP contribution is -2.32. The van der Waals surface area contributed by atoms with Crippen molar-refractivity contribution in [1.29, 1.82) is 0 Å². The summed E-state index contributed by atoms with van der Waals surface area (Å²) < 4.78 is 5.07. The Morgan fingerprint density at radius 3 is 2.90 bits per heavy atom. The molecule has 4 nitrogen and oxygen atoms in total. The van der Waals surface area contributed by atoms with Gasteiger partial charge in [-0.05, 0) is 32.1 Å². The first-order valence-corrected chi connectivity index (χ1v) is 7.89. The molecule has 1 saturated heterocycles. The van der Waals surface area contributed by atoms with Gasteiger partial charge in [-0.2, -0.15) is 0 Å². The molecule has 1 heterocycles. The number of rotatable bonds is 7. The Labute approximate surface area is 133 Å². The van der Waals surface area contributed by atoms with Gasteiger partial charge in [-0.1, -0.05) is 23.7 Å². The van der Waals surface area contributed by atoms with Gasteiger partial charge in [0.15, 0.2) is 0 Å². The van der Waals surface area contributed by atoms with Crippen LogP contribution in [0.25, 0.3) is 0 Å². The maximum atomic E-state index is 6.47. The van der Waals surface area contributed by atoms with Crippen molar-refractivity contribution >= 4 is 17.3 Å². The van der Waals surface area contributed by atoms with Crippen molar-refractivity contribution in [3.63, 3.8) is 0 Å². The Hall–Kier alpha value is -0.810. The van der Waals surface area contributed by atoms with Gasteiger partial charge in [0.05, 0.1) is 17.3 Å². The maximum Gasteiger partial charge on any atom is 0.0642 e. The minimum atomic E-state index is 0.607. The fourth-order valence-electron chi connectivity index (χ4n) is 2.82. The molecule has 21 heavy (non-hydrogen) atoms. The minimum Gasteiger partial charge on any atom is -0.383 e. The Bertz CT molecular complexity index is 453. The van der Waals surface area contributed by atoms with Gasteiger partial charge in [-0.3, -0.25) is 0 Å². The van der Waals surface area contributed by atoms with Crippen LogP contribution in [0.3, 0.4) is 0 Å². The van der Waals surface area contributed by atoms with Gasteiger partial charge in [-0.25, -0.2) is 0 Å². The van der Waals surface area contributed by atoms with E-state index in [0.717, 1.165) is 37.8 Å². The van der Waals surface area contributed by atoms with Crippen molar-refractivity contribution in [2.24, 2.45) is 0 Å². The zero-order valence-corrected chi connectivity index (χ0v) is 14.0. The van der Waals surface area contributed by atoms with E-state index in [1.807, 2.05) is 12.1 Å². The van der Waals surface area contributed by atoms with Crippen molar-refractivity contribution in [3.05, 3.63) is 28.8 Å². The number of methoxy groups -OCH3 is 1. The second-order valence-corrected chi connectivity index (χ2v) is 6.18. The molecule has 1 aromatic rings. The number of nitrogens with one attached hydrogen (secondary N) is 1. The molecule has 1 unspecified atom stereocenters. The van der Waals surface area contributed by atoms with Crippen LogP contribution in [-0.4, -0.2) is 58.4 Å².